The van der Waals surface area contributed by atoms with Crippen LogP contribution in [0.3, 0.4) is 0 Å². The number of morpholine rings is 1. The lowest BCUT2D eigenvalue weighted by Gasteiger charge is -2.18. The molecule has 3 atom stereocenters. The second kappa shape index (κ2) is 8.56. The zero-order valence-corrected chi connectivity index (χ0v) is 9.73. The Hall–Kier alpha value is 0.260. The third kappa shape index (κ3) is 10.3. The Bertz CT molecular complexity index is 183. The summed E-state index contributed by atoms with van der Waals surface area (Å²) in [7, 11) is -6.40. The van der Waals surface area contributed by atoms with Crippen molar-refractivity contribution in [3.8, 4) is 0 Å². The second-order valence-electron chi connectivity index (χ2n) is 2.52. The number of nitrogens with one attached hydrogen (secondary N) is 1. The van der Waals surface area contributed by atoms with Crippen molar-refractivity contribution >= 4 is 16.5 Å². The third-order valence-corrected chi connectivity index (χ3v) is 2.68. The van der Waals surface area contributed by atoms with Crippen molar-refractivity contribution in [3.05, 3.63) is 0 Å². The molecule has 7 nitrogen and oxygen atoms in total. The van der Waals surface area contributed by atoms with Crippen LogP contribution in [0.2, 0.25) is 0 Å². The lowest BCUT2D eigenvalue weighted by atomic mass is 10.3. The molecule has 0 spiro atoms. The van der Waals surface area contributed by atoms with E-state index in [0.29, 0.717) is 6.10 Å². The normalized spacial score (nSPS) is 25.8. The number of rotatable bonds is 2. The van der Waals surface area contributed by atoms with Gasteiger partial charge in [0.25, 0.3) is 0 Å². The van der Waals surface area contributed by atoms with Gasteiger partial charge in [0, 0.05) is 13.1 Å². The number of ether oxygens (including phenoxy) is 1. The molecule has 1 saturated heterocycles. The Morgan fingerprint density at radius 3 is 2.14 bits per heavy atom. The molecule has 0 aliphatic carbocycles. The topological polar surface area (TPSA) is 105 Å². The van der Waals surface area contributed by atoms with E-state index in [-0.39, 0.29) is 0 Å². The molecule has 1 heterocycles. The van der Waals surface area contributed by atoms with E-state index in [4.69, 9.17) is 14.5 Å². The van der Waals surface area contributed by atoms with Gasteiger partial charge in [-0.2, -0.15) is 0 Å². The molecule has 3 N–H and O–H groups in total. The molecule has 0 aromatic heterocycles. The molecule has 0 radical (unpaired) electrons. The molecule has 1 aliphatic rings. The highest BCUT2D eigenvalue weighted by Gasteiger charge is 2.04. The van der Waals surface area contributed by atoms with Crippen LogP contribution >= 0.6 is 16.5 Å². The molecule has 0 aromatic carbocycles. The van der Waals surface area contributed by atoms with Crippen LogP contribution in [0, 0.1) is 0 Å². The van der Waals surface area contributed by atoms with E-state index in [2.05, 4.69) is 16.6 Å². The lowest BCUT2D eigenvalue weighted by Crippen LogP contribution is -2.36. The van der Waals surface area contributed by atoms with Gasteiger partial charge in [-0.1, -0.05) is 0 Å². The Kier molecular flexibility index (Phi) is 8.72. The van der Waals surface area contributed by atoms with E-state index >= 15 is 0 Å². The van der Waals surface area contributed by atoms with Crippen LogP contribution in [0.25, 0.3) is 0 Å². The first-order valence-corrected chi connectivity index (χ1v) is 6.51. The minimum Gasteiger partial charge on any atom is -0.376 e. The van der Waals surface area contributed by atoms with E-state index < -0.39 is 16.5 Å². The lowest BCUT2D eigenvalue weighted by molar-refractivity contribution is 0.0410. The predicted octanol–water partition coefficient (Wildman–Crippen LogP) is -0.238. The van der Waals surface area contributed by atoms with Crippen molar-refractivity contribution in [1.29, 1.82) is 0 Å². The minimum absolute atomic E-state index is 0.425. The highest BCUT2D eigenvalue weighted by atomic mass is 31.2. The van der Waals surface area contributed by atoms with Gasteiger partial charge in [-0.25, -0.2) is 4.31 Å². The van der Waals surface area contributed by atoms with Gasteiger partial charge in [-0.3, -0.25) is 9.13 Å². The molecule has 3 unspecified atom stereocenters. The second-order valence-corrected chi connectivity index (χ2v) is 4.40. The van der Waals surface area contributed by atoms with Gasteiger partial charge >= 0.3 is 16.5 Å². The van der Waals surface area contributed by atoms with Gasteiger partial charge in [-0.05, 0) is 6.92 Å². The molecular weight excluding hydrogens is 232 g/mol. The summed E-state index contributed by atoms with van der Waals surface area (Å²) < 4.78 is 27.5. The van der Waals surface area contributed by atoms with E-state index in [1.54, 1.807) is 0 Å². The number of hydrogen-bond donors (Lipinski definition) is 3. The van der Waals surface area contributed by atoms with Crippen LogP contribution < -0.4 is 5.32 Å². The molecular formula is C5H15NO6P2. The molecule has 0 saturated carbocycles. The molecule has 0 aromatic rings. The van der Waals surface area contributed by atoms with Crippen LogP contribution in [-0.2, 0) is 18.2 Å². The van der Waals surface area contributed by atoms with E-state index in [9.17, 15) is 9.13 Å². The molecule has 9 heteroatoms. The Balaban J connectivity index is 0.000000241. The molecule has 1 aliphatic heterocycles. The molecule has 1 fully saturated rings. The summed E-state index contributed by atoms with van der Waals surface area (Å²) in [6.45, 7) is 4.98. The van der Waals surface area contributed by atoms with Crippen LogP contribution in [0.1, 0.15) is 6.92 Å². The Morgan fingerprint density at radius 1 is 1.43 bits per heavy atom. The summed E-state index contributed by atoms with van der Waals surface area (Å²) in [4.78, 5) is 15.4. The summed E-state index contributed by atoms with van der Waals surface area (Å²) in [5, 5.41) is 3.21. The Labute approximate surface area is 83.3 Å². The van der Waals surface area contributed by atoms with Crippen LogP contribution in [0.15, 0.2) is 0 Å². The molecule has 86 valence electrons. The SMILES string of the molecule is CC1CNCCO1.O=[PH](O)O[PH](=O)O. The van der Waals surface area contributed by atoms with Gasteiger partial charge in [-0.15, -0.1) is 0 Å². The summed E-state index contributed by atoms with van der Waals surface area (Å²) in [5.41, 5.74) is 0. The summed E-state index contributed by atoms with van der Waals surface area (Å²) in [6.07, 6.45) is 0.425. The van der Waals surface area contributed by atoms with Crippen LogP contribution in [-0.4, -0.2) is 35.6 Å². The monoisotopic (exact) mass is 247 g/mol. The zero-order chi connectivity index (χ0) is 11.0. The first kappa shape index (κ1) is 14.3. The largest absolute Gasteiger partial charge is 0.376 e. The fourth-order valence-electron chi connectivity index (χ4n) is 0.771. The van der Waals surface area contributed by atoms with Crippen molar-refractivity contribution in [2.75, 3.05) is 19.7 Å². The summed E-state index contributed by atoms with van der Waals surface area (Å²) in [5.74, 6) is 0. The fraction of sp³-hybridized carbons (Fsp3) is 1.00. The summed E-state index contributed by atoms with van der Waals surface area (Å²) in [6, 6.07) is 0. The zero-order valence-electron chi connectivity index (χ0n) is 7.73. The minimum atomic E-state index is -3.20. The third-order valence-electron chi connectivity index (χ3n) is 1.29. The standard InChI is InChI=1S/C5H11NO.H4O5P2/c1-5-4-6-2-3-7-5;1-6(2)5-7(3)4/h5-6H,2-4H2,1H3;6-7H,(H,1,2)(H,3,4). The quantitative estimate of drug-likeness (QED) is 0.578. The van der Waals surface area contributed by atoms with Gasteiger partial charge in [0.1, 0.15) is 0 Å². The predicted molar refractivity (Wildman–Crippen MR) is 51.8 cm³/mol. The van der Waals surface area contributed by atoms with Crippen molar-refractivity contribution in [1.82, 2.24) is 5.32 Å². The smallest absolute Gasteiger partial charge is 0.323 e. The van der Waals surface area contributed by atoms with Crippen molar-refractivity contribution < 1.29 is 28.0 Å². The average molecular weight is 247 g/mol. The first-order chi connectivity index (χ1) is 6.52. The maximum Gasteiger partial charge on any atom is 0.323 e. The molecule has 14 heavy (non-hydrogen) atoms. The molecule has 1 rings (SSSR count). The van der Waals surface area contributed by atoms with E-state index in [1.807, 2.05) is 0 Å². The Morgan fingerprint density at radius 2 is 2.00 bits per heavy atom. The van der Waals surface area contributed by atoms with Crippen molar-refractivity contribution in [2.45, 2.75) is 13.0 Å². The maximum atomic E-state index is 9.44. The van der Waals surface area contributed by atoms with Gasteiger partial charge in [0.15, 0.2) is 0 Å². The first-order valence-electron chi connectivity index (χ1n) is 3.98. The van der Waals surface area contributed by atoms with E-state index in [1.165, 1.54) is 0 Å². The van der Waals surface area contributed by atoms with Crippen LogP contribution in [0.4, 0.5) is 0 Å². The fourth-order valence-corrected chi connectivity index (χ4v) is 1.37. The summed E-state index contributed by atoms with van der Waals surface area (Å²) >= 11 is 0. The highest BCUT2D eigenvalue weighted by molar-refractivity contribution is 7.46. The van der Waals surface area contributed by atoms with Gasteiger partial charge < -0.3 is 19.8 Å². The van der Waals surface area contributed by atoms with Crippen LogP contribution in [0.5, 0.6) is 0 Å². The molecule has 0 bridgehead atoms. The highest BCUT2D eigenvalue weighted by Crippen LogP contribution is 2.30. The van der Waals surface area contributed by atoms with Crippen molar-refractivity contribution in [3.63, 3.8) is 0 Å². The molecule has 0 amide bonds. The van der Waals surface area contributed by atoms with E-state index in [0.717, 1.165) is 19.7 Å². The average Bonchev–Trinajstić information content (AvgIpc) is 2.03. The van der Waals surface area contributed by atoms with Crippen molar-refractivity contribution in [2.24, 2.45) is 0 Å². The maximum absolute atomic E-state index is 9.44. The van der Waals surface area contributed by atoms with Gasteiger partial charge in [0.05, 0.1) is 12.7 Å². The number of hydrogen-bond acceptors (Lipinski definition) is 5. The van der Waals surface area contributed by atoms with Gasteiger partial charge in [0.2, 0.25) is 0 Å².